The van der Waals surface area contributed by atoms with Gasteiger partial charge in [-0.15, -0.1) is 0 Å². The minimum absolute atomic E-state index is 0.495. The maximum Gasteiger partial charge on any atom is 0.116 e. The summed E-state index contributed by atoms with van der Waals surface area (Å²) in [6, 6.07) is 0. The zero-order chi connectivity index (χ0) is 4.41. The first kappa shape index (κ1) is 4.23. The van der Waals surface area contributed by atoms with Crippen molar-refractivity contribution in [2.75, 3.05) is 19.1 Å². The van der Waals surface area contributed by atoms with Gasteiger partial charge in [-0.05, 0) is 0 Å². The van der Waals surface area contributed by atoms with Gasteiger partial charge in [0.25, 0.3) is 0 Å². The van der Waals surface area contributed by atoms with E-state index in [4.69, 9.17) is 4.74 Å². The Bertz CT molecular complexity index is 63.2. The molecule has 1 radical (unpaired) electrons. The van der Waals surface area contributed by atoms with E-state index in [2.05, 4.69) is 0 Å². The predicted molar refractivity (Wildman–Crippen MR) is 23.3 cm³/mol. The van der Waals surface area contributed by atoms with E-state index >= 15 is 0 Å². The lowest BCUT2D eigenvalue weighted by Gasteiger charge is -1.75. The number of ether oxygens (including phenoxy) is 1. The SMILES string of the molecule is O=[P]1CCOC1. The second-order valence-corrected chi connectivity index (χ2v) is 2.91. The van der Waals surface area contributed by atoms with E-state index in [0.717, 1.165) is 6.16 Å². The molecule has 1 heterocycles. The number of hydrogen-bond donors (Lipinski definition) is 0. The van der Waals surface area contributed by atoms with Gasteiger partial charge in [-0.3, -0.25) is 4.57 Å². The van der Waals surface area contributed by atoms with Gasteiger partial charge in [-0.1, -0.05) is 0 Å². The smallest absolute Gasteiger partial charge is 0.116 e. The Balaban J connectivity index is 2.37. The van der Waals surface area contributed by atoms with Crippen LogP contribution in [0.4, 0.5) is 0 Å². The number of hydrogen-bond acceptors (Lipinski definition) is 2. The molecule has 1 aliphatic rings. The first-order chi connectivity index (χ1) is 2.89. The molecule has 2 nitrogen and oxygen atoms in total. The highest BCUT2D eigenvalue weighted by molar-refractivity contribution is 7.44. The van der Waals surface area contributed by atoms with Gasteiger partial charge >= 0.3 is 0 Å². The van der Waals surface area contributed by atoms with Gasteiger partial charge in [-0.25, -0.2) is 0 Å². The van der Waals surface area contributed by atoms with Gasteiger partial charge in [0, 0.05) is 6.16 Å². The van der Waals surface area contributed by atoms with Crippen LogP contribution in [0.2, 0.25) is 0 Å². The van der Waals surface area contributed by atoms with Crippen LogP contribution in [0.15, 0.2) is 0 Å². The van der Waals surface area contributed by atoms with Crippen LogP contribution in [0, 0.1) is 0 Å². The van der Waals surface area contributed by atoms with Crippen molar-refractivity contribution >= 4 is 7.80 Å². The molecule has 1 unspecified atom stereocenters. The molecule has 0 amide bonds. The van der Waals surface area contributed by atoms with Crippen LogP contribution in [-0.2, 0) is 9.30 Å². The Morgan fingerprint density at radius 3 is 2.67 bits per heavy atom. The summed E-state index contributed by atoms with van der Waals surface area (Å²) in [6.45, 7) is 0.704. The van der Waals surface area contributed by atoms with Crippen LogP contribution < -0.4 is 0 Å². The largest absolute Gasteiger partial charge is 0.369 e. The maximum absolute atomic E-state index is 10.3. The maximum atomic E-state index is 10.3. The molecule has 1 fully saturated rings. The van der Waals surface area contributed by atoms with Crippen molar-refractivity contribution in [1.82, 2.24) is 0 Å². The molecule has 0 saturated carbocycles. The third-order valence-corrected chi connectivity index (χ3v) is 1.87. The fraction of sp³-hybridized carbons (Fsp3) is 1.00. The Morgan fingerprint density at radius 2 is 2.50 bits per heavy atom. The van der Waals surface area contributed by atoms with Crippen LogP contribution in [0.25, 0.3) is 0 Å². The van der Waals surface area contributed by atoms with Crippen LogP contribution >= 0.6 is 7.80 Å². The van der Waals surface area contributed by atoms with E-state index in [-0.39, 0.29) is 0 Å². The Labute approximate surface area is 37.3 Å². The lowest BCUT2D eigenvalue weighted by atomic mass is 10.9. The molecule has 0 aromatic rings. The molecule has 35 valence electrons. The van der Waals surface area contributed by atoms with Gasteiger partial charge in [0.05, 0.1) is 6.61 Å². The van der Waals surface area contributed by atoms with Gasteiger partial charge in [0.1, 0.15) is 14.1 Å². The zero-order valence-electron chi connectivity index (χ0n) is 3.39. The molecule has 0 aromatic carbocycles. The van der Waals surface area contributed by atoms with Crippen molar-refractivity contribution in [2.24, 2.45) is 0 Å². The second kappa shape index (κ2) is 1.67. The summed E-state index contributed by atoms with van der Waals surface area (Å²) in [4.78, 5) is 0. The third kappa shape index (κ3) is 0.763. The summed E-state index contributed by atoms with van der Waals surface area (Å²) in [6.07, 6.45) is 1.27. The van der Waals surface area contributed by atoms with E-state index in [1.54, 1.807) is 0 Å². The van der Waals surface area contributed by atoms with E-state index in [1.807, 2.05) is 0 Å². The van der Waals surface area contributed by atoms with Crippen molar-refractivity contribution in [3.05, 3.63) is 0 Å². The molecule has 0 aliphatic carbocycles. The Morgan fingerprint density at radius 1 is 1.67 bits per heavy atom. The van der Waals surface area contributed by atoms with Crippen molar-refractivity contribution in [2.45, 2.75) is 0 Å². The molecule has 1 saturated heterocycles. The molecule has 1 atom stereocenters. The second-order valence-electron chi connectivity index (χ2n) is 1.24. The third-order valence-electron chi connectivity index (χ3n) is 0.720. The van der Waals surface area contributed by atoms with Gasteiger partial charge in [0.15, 0.2) is 0 Å². The normalized spacial score (nSPS) is 28.3. The van der Waals surface area contributed by atoms with E-state index < -0.39 is 7.80 Å². The summed E-state index contributed by atoms with van der Waals surface area (Å²) in [5.41, 5.74) is 0. The summed E-state index contributed by atoms with van der Waals surface area (Å²) < 4.78 is 15.0. The fourth-order valence-corrected chi connectivity index (χ4v) is 1.19. The van der Waals surface area contributed by atoms with Crippen LogP contribution in [-0.4, -0.2) is 19.1 Å². The monoisotopic (exact) mass is 105 g/mol. The van der Waals surface area contributed by atoms with Crippen LogP contribution in [0.3, 0.4) is 0 Å². The average molecular weight is 105 g/mol. The quantitative estimate of drug-likeness (QED) is 0.426. The molecular formula is C3H6O2P. The zero-order valence-corrected chi connectivity index (χ0v) is 4.28. The van der Waals surface area contributed by atoms with Gasteiger partial charge in [0.2, 0.25) is 0 Å². The fourth-order valence-electron chi connectivity index (χ4n) is 0.397. The van der Waals surface area contributed by atoms with Crippen molar-refractivity contribution in [1.29, 1.82) is 0 Å². The van der Waals surface area contributed by atoms with Crippen LogP contribution in [0.5, 0.6) is 0 Å². The molecule has 0 N–H and O–H groups in total. The molecule has 0 spiro atoms. The molecule has 0 aromatic heterocycles. The topological polar surface area (TPSA) is 26.3 Å². The minimum atomic E-state index is -0.937. The highest BCUT2D eigenvalue weighted by Crippen LogP contribution is 2.24. The molecule has 1 aliphatic heterocycles. The number of rotatable bonds is 0. The standard InChI is InChI=1S/C3H6O2P/c4-6-2-1-5-3-6/h1-3H2. The summed E-state index contributed by atoms with van der Waals surface area (Å²) in [5.74, 6) is 0. The van der Waals surface area contributed by atoms with Crippen molar-refractivity contribution in [3.63, 3.8) is 0 Å². The van der Waals surface area contributed by atoms with Crippen molar-refractivity contribution < 1.29 is 9.30 Å². The lowest BCUT2D eigenvalue weighted by molar-refractivity contribution is 0.216. The highest BCUT2D eigenvalue weighted by atomic mass is 31.1. The molecule has 0 bridgehead atoms. The van der Waals surface area contributed by atoms with Crippen molar-refractivity contribution in [3.8, 4) is 0 Å². The van der Waals surface area contributed by atoms with E-state index in [9.17, 15) is 4.57 Å². The van der Waals surface area contributed by atoms with Gasteiger partial charge < -0.3 is 4.74 Å². The summed E-state index contributed by atoms with van der Waals surface area (Å²) in [7, 11) is -0.937. The first-order valence-corrected chi connectivity index (χ1v) is 3.52. The molecular weight excluding hydrogens is 99.0 g/mol. The van der Waals surface area contributed by atoms with E-state index in [0.29, 0.717) is 13.0 Å². The summed E-state index contributed by atoms with van der Waals surface area (Å²) >= 11 is 0. The average Bonchev–Trinajstić information content (AvgIpc) is 1.86. The molecule has 3 heteroatoms. The Hall–Kier alpha value is 0.0600. The summed E-state index contributed by atoms with van der Waals surface area (Å²) in [5, 5.41) is 0. The Kier molecular flexibility index (Phi) is 1.18. The van der Waals surface area contributed by atoms with E-state index in [1.165, 1.54) is 0 Å². The van der Waals surface area contributed by atoms with Gasteiger partial charge in [-0.2, -0.15) is 0 Å². The molecule has 1 rings (SSSR count). The first-order valence-electron chi connectivity index (χ1n) is 1.89. The minimum Gasteiger partial charge on any atom is -0.369 e. The molecule has 6 heavy (non-hydrogen) atoms. The lowest BCUT2D eigenvalue weighted by Crippen LogP contribution is -1.78. The predicted octanol–water partition coefficient (Wildman–Crippen LogP) is 0.801. The highest BCUT2D eigenvalue weighted by Gasteiger charge is 2.06. The van der Waals surface area contributed by atoms with Crippen LogP contribution in [0.1, 0.15) is 0 Å².